The minimum atomic E-state index is -1.39. The van der Waals surface area contributed by atoms with Crippen LogP contribution in [0, 0.1) is 28.6 Å². The van der Waals surface area contributed by atoms with Crippen molar-refractivity contribution in [1.29, 1.82) is 0 Å². The Morgan fingerprint density at radius 1 is 0.976 bits per heavy atom. The lowest BCUT2D eigenvalue weighted by Crippen LogP contribution is -2.59. The molecule has 0 aromatic rings. The molecule has 10 heteroatoms. The normalized spacial score (nSPS) is 37.2. The van der Waals surface area contributed by atoms with Crippen molar-refractivity contribution in [3.8, 4) is 0 Å². The van der Waals surface area contributed by atoms with Crippen LogP contribution in [-0.4, -0.2) is 70.2 Å². The molecule has 5 rings (SSSR count). The first kappa shape index (κ1) is 30.4. The highest BCUT2D eigenvalue weighted by Gasteiger charge is 2.68. The van der Waals surface area contributed by atoms with Gasteiger partial charge in [-0.3, -0.25) is 24.0 Å². The number of carbonyl (C=O) groups excluding carboxylic acids is 5. The largest absolute Gasteiger partial charge is 0.480 e. The summed E-state index contributed by atoms with van der Waals surface area (Å²) in [6, 6.07) is -0.875. The van der Waals surface area contributed by atoms with Crippen LogP contribution in [0.2, 0.25) is 0 Å². The Kier molecular flexibility index (Phi) is 8.13. The molecule has 4 aliphatic carbocycles. The zero-order chi connectivity index (χ0) is 30.4. The summed E-state index contributed by atoms with van der Waals surface area (Å²) < 4.78 is 11.3. The molecule has 1 heterocycles. The van der Waals surface area contributed by atoms with E-state index in [-0.39, 0.29) is 30.0 Å². The van der Waals surface area contributed by atoms with E-state index in [0.717, 1.165) is 32.1 Å². The first-order chi connectivity index (χ1) is 19.8. The molecule has 10 nitrogen and oxygen atoms in total. The Labute approximate surface area is 246 Å². The van der Waals surface area contributed by atoms with Crippen LogP contribution in [0.3, 0.4) is 0 Å². The third-order valence-electron chi connectivity index (χ3n) is 11.6. The lowest BCUT2D eigenvalue weighted by molar-refractivity contribution is -0.191. The Balaban J connectivity index is 1.26. The Hall–Kier alpha value is -3.04. The van der Waals surface area contributed by atoms with Gasteiger partial charge in [-0.15, -0.1) is 0 Å². The van der Waals surface area contributed by atoms with Gasteiger partial charge < -0.3 is 19.5 Å². The molecule has 230 valence electrons. The topological polar surface area (TPSA) is 144 Å². The molecular weight excluding hydrogens is 542 g/mol. The van der Waals surface area contributed by atoms with E-state index >= 15 is 0 Å². The van der Waals surface area contributed by atoms with Crippen LogP contribution in [-0.2, 0) is 38.2 Å². The zero-order valence-electron chi connectivity index (χ0n) is 24.9. The summed E-state index contributed by atoms with van der Waals surface area (Å²) in [5, 5.41) is 9.31. The van der Waals surface area contributed by atoms with Crippen molar-refractivity contribution < 1.29 is 43.3 Å². The average Bonchev–Trinajstić information content (AvgIpc) is 3.54. The van der Waals surface area contributed by atoms with Crippen molar-refractivity contribution in [3.63, 3.8) is 0 Å². The predicted octanol–water partition coefficient (Wildman–Crippen LogP) is 3.79. The maximum atomic E-state index is 13.9. The average molecular weight is 586 g/mol. The molecule has 0 spiro atoms. The van der Waals surface area contributed by atoms with E-state index < -0.39 is 53.3 Å². The second kappa shape index (κ2) is 11.2. The molecule has 5 aliphatic rings. The van der Waals surface area contributed by atoms with Gasteiger partial charge in [0.15, 0.2) is 18.0 Å². The number of nitrogens with zero attached hydrogens (tertiary/aromatic N) is 1. The predicted molar refractivity (Wildman–Crippen MR) is 149 cm³/mol. The number of esters is 2. The molecule has 1 saturated heterocycles. The summed E-state index contributed by atoms with van der Waals surface area (Å²) in [5.74, 6) is -2.08. The number of carbonyl (C=O) groups is 6. The van der Waals surface area contributed by atoms with E-state index in [4.69, 9.17) is 9.47 Å². The second-order valence-corrected chi connectivity index (χ2v) is 13.6. The fourth-order valence-electron chi connectivity index (χ4n) is 9.49. The number of allylic oxidation sites excluding steroid dienone is 1. The van der Waals surface area contributed by atoms with Gasteiger partial charge in [0.1, 0.15) is 6.04 Å². The van der Waals surface area contributed by atoms with Crippen LogP contribution in [0.1, 0.15) is 97.8 Å². The van der Waals surface area contributed by atoms with Gasteiger partial charge >= 0.3 is 17.9 Å². The molecule has 7 atom stereocenters. The Bertz CT molecular complexity index is 1220. The van der Waals surface area contributed by atoms with Gasteiger partial charge in [-0.1, -0.05) is 19.4 Å². The summed E-state index contributed by atoms with van der Waals surface area (Å²) in [6.45, 7) is 5.43. The molecule has 0 radical (unpaired) electrons. The lowest BCUT2D eigenvalue weighted by atomic mass is 9.46. The first-order valence-electron chi connectivity index (χ1n) is 15.5. The number of Topliss-reactive ketones (excluding diaryl/α,β-unsaturated/α-hetero) is 1. The van der Waals surface area contributed by atoms with Gasteiger partial charge in [0.25, 0.3) is 0 Å². The van der Waals surface area contributed by atoms with Crippen LogP contribution in [0.5, 0.6) is 0 Å². The third kappa shape index (κ3) is 4.98. The van der Waals surface area contributed by atoms with Crippen molar-refractivity contribution in [2.24, 2.45) is 28.6 Å². The number of likely N-dealkylation sites (tertiary alicyclic amines) is 1. The number of hydrogen-bond donors (Lipinski definition) is 1. The van der Waals surface area contributed by atoms with E-state index in [0.29, 0.717) is 50.5 Å². The SMILES string of the molecule is CC(=O)OC1(C(=O)COC(=O)CCC(=O)N2CCCC2C(=O)O)CCC2C3CCC4=CC(=O)CCC4(C)C3CCC21C. The number of aliphatic carboxylic acids is 1. The highest BCUT2D eigenvalue weighted by molar-refractivity contribution is 5.94. The molecular formula is C32H43NO9. The van der Waals surface area contributed by atoms with Crippen molar-refractivity contribution >= 4 is 35.4 Å². The van der Waals surface area contributed by atoms with E-state index in [2.05, 4.69) is 13.8 Å². The fourth-order valence-corrected chi connectivity index (χ4v) is 9.49. The standard InChI is InChI=1S/C32H43NO9/c1-19(34)42-32(26(36)18-41-28(38)9-8-27(37)33-16-4-5-25(33)29(39)40)15-12-24-22-7-6-20-17-21(35)10-13-30(20,2)23(22)11-14-31(24,32)3/h17,22-25H,4-16,18H2,1-3H3,(H,39,40). The van der Waals surface area contributed by atoms with E-state index in [1.54, 1.807) is 0 Å². The molecule has 7 unspecified atom stereocenters. The van der Waals surface area contributed by atoms with Gasteiger partial charge in [-0.25, -0.2) is 4.79 Å². The highest BCUT2D eigenvalue weighted by Crippen LogP contribution is 2.68. The second-order valence-electron chi connectivity index (χ2n) is 13.6. The summed E-state index contributed by atoms with van der Waals surface area (Å²) in [6.07, 6.45) is 8.26. The molecule has 1 aliphatic heterocycles. The maximum absolute atomic E-state index is 13.9. The van der Waals surface area contributed by atoms with Crippen LogP contribution in [0.4, 0.5) is 0 Å². The quantitative estimate of drug-likeness (QED) is 0.421. The van der Waals surface area contributed by atoms with Crippen molar-refractivity contribution in [2.45, 2.75) is 109 Å². The number of carboxylic acids is 1. The number of amides is 1. The number of fused-ring (bicyclic) bond motifs is 5. The number of ether oxygens (including phenoxy) is 2. The van der Waals surface area contributed by atoms with E-state index in [1.165, 1.54) is 17.4 Å². The maximum Gasteiger partial charge on any atom is 0.326 e. The van der Waals surface area contributed by atoms with Gasteiger partial charge in [0, 0.05) is 31.7 Å². The highest BCUT2D eigenvalue weighted by atomic mass is 16.6. The molecule has 4 fully saturated rings. The van der Waals surface area contributed by atoms with Crippen molar-refractivity contribution in [3.05, 3.63) is 11.6 Å². The van der Waals surface area contributed by atoms with Crippen molar-refractivity contribution in [2.75, 3.05) is 13.2 Å². The van der Waals surface area contributed by atoms with Gasteiger partial charge in [0.2, 0.25) is 11.7 Å². The van der Waals surface area contributed by atoms with E-state index in [1.807, 2.05) is 6.08 Å². The van der Waals surface area contributed by atoms with Crippen LogP contribution < -0.4 is 0 Å². The van der Waals surface area contributed by atoms with Crippen molar-refractivity contribution in [1.82, 2.24) is 4.90 Å². The molecule has 1 amide bonds. The van der Waals surface area contributed by atoms with Gasteiger partial charge in [-0.2, -0.15) is 0 Å². The van der Waals surface area contributed by atoms with Crippen LogP contribution >= 0.6 is 0 Å². The monoisotopic (exact) mass is 585 g/mol. The number of hydrogen-bond acceptors (Lipinski definition) is 8. The number of rotatable bonds is 8. The molecule has 3 saturated carbocycles. The number of ketones is 2. The van der Waals surface area contributed by atoms with E-state index in [9.17, 15) is 33.9 Å². The third-order valence-corrected chi connectivity index (χ3v) is 11.6. The lowest BCUT2D eigenvalue weighted by Gasteiger charge is -2.59. The van der Waals surface area contributed by atoms with Crippen LogP contribution in [0.25, 0.3) is 0 Å². The zero-order valence-corrected chi connectivity index (χ0v) is 24.9. The molecule has 0 bridgehead atoms. The molecule has 42 heavy (non-hydrogen) atoms. The minimum absolute atomic E-state index is 0.0264. The summed E-state index contributed by atoms with van der Waals surface area (Å²) >= 11 is 0. The minimum Gasteiger partial charge on any atom is -0.480 e. The summed E-state index contributed by atoms with van der Waals surface area (Å²) in [4.78, 5) is 76.2. The summed E-state index contributed by atoms with van der Waals surface area (Å²) in [5.41, 5.74) is -0.767. The Morgan fingerprint density at radius 2 is 1.71 bits per heavy atom. The molecule has 0 aromatic carbocycles. The van der Waals surface area contributed by atoms with Crippen LogP contribution in [0.15, 0.2) is 11.6 Å². The smallest absolute Gasteiger partial charge is 0.326 e. The molecule has 0 aromatic heterocycles. The first-order valence-corrected chi connectivity index (χ1v) is 15.5. The fraction of sp³-hybridized carbons (Fsp3) is 0.750. The summed E-state index contributed by atoms with van der Waals surface area (Å²) in [7, 11) is 0. The number of carboxylic acid groups (broad SMARTS) is 1. The Morgan fingerprint density at radius 3 is 2.43 bits per heavy atom. The van der Waals surface area contributed by atoms with Gasteiger partial charge in [-0.05, 0) is 87.0 Å². The molecule has 1 N–H and O–H groups in total. The van der Waals surface area contributed by atoms with Gasteiger partial charge in [0.05, 0.1) is 6.42 Å².